The van der Waals surface area contributed by atoms with Crippen molar-refractivity contribution in [3.63, 3.8) is 0 Å². The van der Waals surface area contributed by atoms with Gasteiger partial charge in [-0.05, 0) is 38.4 Å². The number of aliphatic hydroxyl groups excluding tert-OH is 1. The first-order valence-corrected chi connectivity index (χ1v) is 8.46. The predicted octanol–water partition coefficient (Wildman–Crippen LogP) is 1.31. The molecule has 1 saturated heterocycles. The Morgan fingerprint density at radius 3 is 2.96 bits per heavy atom. The molecule has 1 amide bonds. The Balaban J connectivity index is 2.12. The third-order valence-electron chi connectivity index (χ3n) is 4.54. The quantitative estimate of drug-likeness (QED) is 0.794. The van der Waals surface area contributed by atoms with Crippen LogP contribution in [0.2, 0.25) is 0 Å². The maximum absolute atomic E-state index is 11.9. The molecule has 0 spiro atoms. The number of aromatic nitrogens is 1. The standard InChI is InChI=1S/C17H29N3O3/c1-4-23-12-13(21)11-20-10-6-5-7-15(20)14-8-9-16(19(14)3)17(22)18-2/h8-9,13,15,21H,4-7,10-12H2,1-3H3,(H,18,22). The van der Waals surface area contributed by atoms with E-state index in [-0.39, 0.29) is 11.9 Å². The number of nitrogens with zero attached hydrogens (tertiary/aromatic N) is 2. The number of aliphatic hydroxyl groups is 1. The van der Waals surface area contributed by atoms with Crippen LogP contribution in [0.3, 0.4) is 0 Å². The van der Waals surface area contributed by atoms with E-state index in [2.05, 4.69) is 10.2 Å². The van der Waals surface area contributed by atoms with E-state index in [1.54, 1.807) is 7.05 Å². The van der Waals surface area contributed by atoms with Crippen LogP contribution < -0.4 is 5.32 Å². The largest absolute Gasteiger partial charge is 0.389 e. The number of rotatable bonds is 7. The van der Waals surface area contributed by atoms with E-state index < -0.39 is 6.10 Å². The van der Waals surface area contributed by atoms with Crippen LogP contribution in [0.5, 0.6) is 0 Å². The minimum atomic E-state index is -0.478. The minimum absolute atomic E-state index is 0.0718. The first kappa shape index (κ1) is 18.0. The van der Waals surface area contributed by atoms with Crippen LogP contribution in [0.25, 0.3) is 0 Å². The zero-order valence-corrected chi connectivity index (χ0v) is 14.4. The molecule has 2 N–H and O–H groups in total. The number of piperidine rings is 1. The van der Waals surface area contributed by atoms with E-state index >= 15 is 0 Å². The summed E-state index contributed by atoms with van der Waals surface area (Å²) in [6.07, 6.45) is 2.88. The fraction of sp³-hybridized carbons (Fsp3) is 0.706. The molecule has 130 valence electrons. The number of nitrogens with one attached hydrogen (secondary N) is 1. The van der Waals surface area contributed by atoms with E-state index in [0.29, 0.717) is 25.5 Å². The van der Waals surface area contributed by atoms with E-state index in [9.17, 15) is 9.90 Å². The average molecular weight is 323 g/mol. The van der Waals surface area contributed by atoms with Crippen LogP contribution >= 0.6 is 0 Å². The summed E-state index contributed by atoms with van der Waals surface area (Å²) in [6.45, 7) is 4.49. The van der Waals surface area contributed by atoms with Gasteiger partial charge in [-0.3, -0.25) is 9.69 Å². The summed E-state index contributed by atoms with van der Waals surface area (Å²) in [7, 11) is 3.58. The van der Waals surface area contributed by atoms with Gasteiger partial charge in [0.05, 0.1) is 18.8 Å². The van der Waals surface area contributed by atoms with Gasteiger partial charge in [0.25, 0.3) is 5.91 Å². The van der Waals surface area contributed by atoms with E-state index in [4.69, 9.17) is 4.74 Å². The highest BCUT2D eigenvalue weighted by molar-refractivity contribution is 5.92. The lowest BCUT2D eigenvalue weighted by Crippen LogP contribution is -2.41. The molecule has 2 unspecified atom stereocenters. The van der Waals surface area contributed by atoms with Crippen molar-refractivity contribution in [2.24, 2.45) is 7.05 Å². The Morgan fingerprint density at radius 2 is 2.26 bits per heavy atom. The van der Waals surface area contributed by atoms with Crippen molar-refractivity contribution in [3.8, 4) is 0 Å². The van der Waals surface area contributed by atoms with Gasteiger partial charge < -0.3 is 19.7 Å². The molecule has 0 aliphatic carbocycles. The zero-order chi connectivity index (χ0) is 16.8. The maximum atomic E-state index is 11.9. The van der Waals surface area contributed by atoms with Crippen LogP contribution in [0.15, 0.2) is 12.1 Å². The van der Waals surface area contributed by atoms with Crippen LogP contribution in [0.1, 0.15) is 48.4 Å². The Bertz CT molecular complexity index is 515. The molecule has 1 aliphatic heterocycles. The van der Waals surface area contributed by atoms with Crippen molar-refractivity contribution >= 4 is 5.91 Å². The van der Waals surface area contributed by atoms with Gasteiger partial charge >= 0.3 is 0 Å². The number of ether oxygens (including phenoxy) is 1. The van der Waals surface area contributed by atoms with Gasteiger partial charge in [-0.15, -0.1) is 0 Å². The topological polar surface area (TPSA) is 66.7 Å². The summed E-state index contributed by atoms with van der Waals surface area (Å²) < 4.78 is 7.29. The Hall–Kier alpha value is -1.37. The van der Waals surface area contributed by atoms with Crippen LogP contribution in [0, 0.1) is 0 Å². The van der Waals surface area contributed by atoms with Crippen LogP contribution in [0.4, 0.5) is 0 Å². The smallest absolute Gasteiger partial charge is 0.267 e. The number of hydrogen-bond donors (Lipinski definition) is 2. The molecule has 6 heteroatoms. The maximum Gasteiger partial charge on any atom is 0.267 e. The zero-order valence-electron chi connectivity index (χ0n) is 14.4. The molecule has 1 aromatic heterocycles. The molecule has 2 rings (SSSR count). The minimum Gasteiger partial charge on any atom is -0.389 e. The Labute approximate surface area is 138 Å². The second kappa shape index (κ2) is 8.47. The summed E-state index contributed by atoms with van der Waals surface area (Å²) in [5.41, 5.74) is 1.80. The lowest BCUT2D eigenvalue weighted by Gasteiger charge is -2.37. The van der Waals surface area contributed by atoms with Gasteiger partial charge in [0.15, 0.2) is 0 Å². The highest BCUT2D eigenvalue weighted by Crippen LogP contribution is 2.31. The summed E-state index contributed by atoms with van der Waals surface area (Å²) in [5.74, 6) is -0.0718. The molecule has 0 bridgehead atoms. The molecular formula is C17H29N3O3. The van der Waals surface area contributed by atoms with Gasteiger partial charge in [-0.1, -0.05) is 6.42 Å². The number of likely N-dealkylation sites (tertiary alicyclic amines) is 1. The fourth-order valence-electron chi connectivity index (χ4n) is 3.34. The molecule has 6 nitrogen and oxygen atoms in total. The monoisotopic (exact) mass is 323 g/mol. The SMILES string of the molecule is CCOCC(O)CN1CCCCC1c1ccc(C(=O)NC)n1C. The summed E-state index contributed by atoms with van der Waals surface area (Å²) >= 11 is 0. The summed E-state index contributed by atoms with van der Waals surface area (Å²) in [5, 5.41) is 12.8. The normalized spacial score (nSPS) is 20.4. The molecule has 1 aliphatic rings. The lowest BCUT2D eigenvalue weighted by molar-refractivity contribution is 0.00427. The first-order valence-electron chi connectivity index (χ1n) is 8.46. The van der Waals surface area contributed by atoms with E-state index in [1.165, 1.54) is 6.42 Å². The number of carbonyl (C=O) groups is 1. The molecule has 23 heavy (non-hydrogen) atoms. The molecule has 1 fully saturated rings. The second-order valence-electron chi connectivity index (χ2n) is 6.10. The number of β-amino-alcohol motifs (C(OH)–C–C–N with tert-alkyl or cyclic N) is 1. The Kier molecular flexibility index (Phi) is 6.62. The Morgan fingerprint density at radius 1 is 1.48 bits per heavy atom. The molecule has 2 atom stereocenters. The van der Waals surface area contributed by atoms with E-state index in [0.717, 1.165) is 25.1 Å². The predicted molar refractivity (Wildman–Crippen MR) is 89.5 cm³/mol. The van der Waals surface area contributed by atoms with Gasteiger partial charge in [-0.25, -0.2) is 0 Å². The summed E-state index contributed by atoms with van der Waals surface area (Å²) in [6, 6.07) is 4.14. The molecular weight excluding hydrogens is 294 g/mol. The van der Waals surface area contributed by atoms with Crippen molar-refractivity contribution in [1.82, 2.24) is 14.8 Å². The third kappa shape index (κ3) is 4.34. The van der Waals surface area contributed by atoms with Crippen molar-refractivity contribution < 1.29 is 14.6 Å². The molecule has 0 radical (unpaired) electrons. The number of hydrogen-bond acceptors (Lipinski definition) is 4. The van der Waals surface area contributed by atoms with E-state index in [1.807, 2.05) is 30.7 Å². The lowest BCUT2D eigenvalue weighted by atomic mass is 9.99. The van der Waals surface area contributed by atoms with Crippen LogP contribution in [-0.4, -0.2) is 59.9 Å². The van der Waals surface area contributed by atoms with Crippen molar-refractivity contribution in [2.75, 3.05) is 33.4 Å². The molecule has 1 aromatic rings. The number of carbonyl (C=O) groups excluding carboxylic acids is 1. The summed E-state index contributed by atoms with van der Waals surface area (Å²) in [4.78, 5) is 14.2. The highest BCUT2D eigenvalue weighted by Gasteiger charge is 2.28. The third-order valence-corrected chi connectivity index (χ3v) is 4.54. The van der Waals surface area contributed by atoms with Gasteiger partial charge in [0, 0.05) is 32.9 Å². The molecule has 0 saturated carbocycles. The molecule has 0 aromatic carbocycles. The molecule has 2 heterocycles. The van der Waals surface area contributed by atoms with Crippen molar-refractivity contribution in [1.29, 1.82) is 0 Å². The van der Waals surface area contributed by atoms with Crippen LogP contribution in [-0.2, 0) is 11.8 Å². The van der Waals surface area contributed by atoms with Crippen molar-refractivity contribution in [2.45, 2.75) is 38.3 Å². The average Bonchev–Trinajstić information content (AvgIpc) is 2.94. The van der Waals surface area contributed by atoms with Gasteiger partial charge in [0.2, 0.25) is 0 Å². The van der Waals surface area contributed by atoms with Crippen molar-refractivity contribution in [3.05, 3.63) is 23.5 Å². The number of amides is 1. The van der Waals surface area contributed by atoms with Gasteiger partial charge in [-0.2, -0.15) is 0 Å². The van der Waals surface area contributed by atoms with Gasteiger partial charge in [0.1, 0.15) is 5.69 Å². The highest BCUT2D eigenvalue weighted by atomic mass is 16.5. The fourth-order valence-corrected chi connectivity index (χ4v) is 3.34. The first-order chi connectivity index (χ1) is 11.1. The second-order valence-corrected chi connectivity index (χ2v) is 6.10.